The number of amides is 1. The minimum Gasteiger partial charge on any atom is -0.336 e. The number of aromatic nitrogens is 2. The van der Waals surface area contributed by atoms with E-state index in [1.165, 1.54) is 0 Å². The minimum absolute atomic E-state index is 0.0381. The Hall–Kier alpha value is -1.62. The van der Waals surface area contributed by atoms with Crippen LogP contribution in [-0.2, 0) is 6.54 Å². The summed E-state index contributed by atoms with van der Waals surface area (Å²) >= 11 is 3.42. The highest BCUT2D eigenvalue weighted by molar-refractivity contribution is 9.10. The van der Waals surface area contributed by atoms with E-state index in [2.05, 4.69) is 20.9 Å². The number of imidazole rings is 1. The van der Waals surface area contributed by atoms with Crippen LogP contribution in [0.15, 0.2) is 35.2 Å². The van der Waals surface area contributed by atoms with Gasteiger partial charge in [0, 0.05) is 7.05 Å². The fraction of sp³-hybridized carbons (Fsp3) is 0.167. The van der Waals surface area contributed by atoms with Gasteiger partial charge in [-0.1, -0.05) is 12.1 Å². The third-order valence-electron chi connectivity index (χ3n) is 2.94. The van der Waals surface area contributed by atoms with E-state index in [0.29, 0.717) is 12.1 Å². The van der Waals surface area contributed by atoms with Gasteiger partial charge < -0.3 is 4.90 Å². The molecule has 2 aromatic rings. The normalized spacial score (nSPS) is 14.2. The molecule has 1 aromatic heterocycles. The lowest BCUT2D eigenvalue weighted by atomic mass is 10.1. The average molecular weight is 292 g/mol. The van der Waals surface area contributed by atoms with Gasteiger partial charge in [-0.05, 0) is 28.1 Å². The lowest BCUT2D eigenvalue weighted by molar-refractivity contribution is 0.0788. The van der Waals surface area contributed by atoms with E-state index in [1.54, 1.807) is 18.3 Å². The monoisotopic (exact) mass is 291 g/mol. The predicted octanol–water partition coefficient (Wildman–Crippen LogP) is 2.22. The van der Waals surface area contributed by atoms with Crippen LogP contribution >= 0.6 is 15.9 Å². The summed E-state index contributed by atoms with van der Waals surface area (Å²) in [6.07, 6.45) is 1.74. The summed E-state index contributed by atoms with van der Waals surface area (Å²) in [5.74, 6) is 0.0381. The lowest BCUT2D eigenvalue weighted by Gasteiger charge is -2.13. The van der Waals surface area contributed by atoms with Crippen LogP contribution in [-0.4, -0.2) is 27.4 Å². The van der Waals surface area contributed by atoms with Crippen LogP contribution in [0.1, 0.15) is 16.1 Å². The number of fused-ring (bicyclic) bond motifs is 3. The van der Waals surface area contributed by atoms with E-state index < -0.39 is 0 Å². The topological polar surface area (TPSA) is 38.1 Å². The molecule has 2 heterocycles. The first-order valence-corrected chi connectivity index (χ1v) is 6.04. The van der Waals surface area contributed by atoms with Crippen LogP contribution < -0.4 is 0 Å². The van der Waals surface area contributed by atoms with E-state index in [1.807, 2.05) is 28.8 Å². The zero-order chi connectivity index (χ0) is 12.0. The van der Waals surface area contributed by atoms with Crippen molar-refractivity contribution in [2.24, 2.45) is 0 Å². The molecule has 0 N–H and O–H groups in total. The summed E-state index contributed by atoms with van der Waals surface area (Å²) in [7, 11) is 1.80. The van der Waals surface area contributed by atoms with Crippen molar-refractivity contribution in [3.05, 3.63) is 46.5 Å². The van der Waals surface area contributed by atoms with E-state index >= 15 is 0 Å². The van der Waals surface area contributed by atoms with Crippen molar-refractivity contribution in [2.75, 3.05) is 7.05 Å². The Labute approximate surface area is 107 Å². The molecule has 1 amide bonds. The van der Waals surface area contributed by atoms with Crippen molar-refractivity contribution in [1.29, 1.82) is 0 Å². The first-order valence-electron chi connectivity index (χ1n) is 5.25. The summed E-state index contributed by atoms with van der Waals surface area (Å²) in [4.78, 5) is 18.1. The molecule has 0 radical (unpaired) electrons. The maximum atomic E-state index is 12.2. The van der Waals surface area contributed by atoms with Crippen molar-refractivity contribution in [3.63, 3.8) is 0 Å². The summed E-state index contributed by atoms with van der Waals surface area (Å²) in [5, 5.41) is 0. The van der Waals surface area contributed by atoms with Crippen molar-refractivity contribution < 1.29 is 4.79 Å². The van der Waals surface area contributed by atoms with E-state index in [4.69, 9.17) is 0 Å². The molecule has 1 aliphatic rings. The number of halogens is 1. The molecule has 0 aliphatic carbocycles. The third kappa shape index (κ3) is 1.50. The molecule has 4 nitrogen and oxygen atoms in total. The van der Waals surface area contributed by atoms with Crippen LogP contribution in [0, 0.1) is 0 Å². The number of hydrogen-bond donors (Lipinski definition) is 0. The Morgan fingerprint density at radius 1 is 1.35 bits per heavy atom. The largest absolute Gasteiger partial charge is 0.336 e. The van der Waals surface area contributed by atoms with Gasteiger partial charge in [0.25, 0.3) is 5.91 Å². The Morgan fingerprint density at radius 3 is 2.94 bits per heavy atom. The van der Waals surface area contributed by atoms with Gasteiger partial charge in [0.05, 0.1) is 23.5 Å². The minimum atomic E-state index is 0.0381. The Morgan fingerprint density at radius 2 is 2.12 bits per heavy atom. The zero-order valence-electron chi connectivity index (χ0n) is 9.22. The summed E-state index contributed by atoms with van der Waals surface area (Å²) in [6.45, 7) is 0.550. The van der Waals surface area contributed by atoms with E-state index in [9.17, 15) is 4.79 Å². The fourth-order valence-corrected chi connectivity index (χ4v) is 2.48. The maximum absolute atomic E-state index is 12.2. The van der Waals surface area contributed by atoms with Gasteiger partial charge in [0.2, 0.25) is 0 Å². The molecule has 0 atom stereocenters. The highest BCUT2D eigenvalue weighted by Crippen LogP contribution is 2.27. The molecule has 1 aliphatic heterocycles. The molecule has 5 heteroatoms. The number of para-hydroxylation sites is 1. The second-order valence-electron chi connectivity index (χ2n) is 4.03. The maximum Gasteiger partial charge on any atom is 0.256 e. The summed E-state index contributed by atoms with van der Waals surface area (Å²) in [5.41, 5.74) is 2.58. The zero-order valence-corrected chi connectivity index (χ0v) is 10.8. The quantitative estimate of drug-likeness (QED) is 0.746. The number of nitrogens with zero attached hydrogens (tertiary/aromatic N) is 3. The number of hydrogen-bond acceptors (Lipinski definition) is 2. The molecule has 0 fully saturated rings. The van der Waals surface area contributed by atoms with Crippen LogP contribution in [0.4, 0.5) is 0 Å². The molecular weight excluding hydrogens is 282 g/mol. The molecule has 17 heavy (non-hydrogen) atoms. The van der Waals surface area contributed by atoms with Crippen LogP contribution in [0.2, 0.25) is 0 Å². The molecule has 0 spiro atoms. The van der Waals surface area contributed by atoms with Gasteiger partial charge in [-0.15, -0.1) is 0 Å². The summed E-state index contributed by atoms with van der Waals surface area (Å²) < 4.78 is 2.75. The van der Waals surface area contributed by atoms with Gasteiger partial charge in [-0.25, -0.2) is 4.98 Å². The molecule has 0 saturated carbocycles. The average Bonchev–Trinajstić information content (AvgIpc) is 2.65. The Balaban J connectivity index is 2.33. The van der Waals surface area contributed by atoms with E-state index in [0.717, 1.165) is 16.0 Å². The van der Waals surface area contributed by atoms with Crippen LogP contribution in [0.25, 0.3) is 5.69 Å². The number of benzene rings is 1. The Kier molecular flexibility index (Phi) is 2.29. The molecule has 0 bridgehead atoms. The van der Waals surface area contributed by atoms with Gasteiger partial charge in [0.1, 0.15) is 10.9 Å². The van der Waals surface area contributed by atoms with Gasteiger partial charge in [-0.2, -0.15) is 0 Å². The van der Waals surface area contributed by atoms with Crippen molar-refractivity contribution >= 4 is 21.8 Å². The predicted molar refractivity (Wildman–Crippen MR) is 67.1 cm³/mol. The molecular formula is C12H10BrN3O. The van der Waals surface area contributed by atoms with Gasteiger partial charge in [-0.3, -0.25) is 9.36 Å². The molecule has 3 rings (SSSR count). The molecule has 86 valence electrons. The van der Waals surface area contributed by atoms with E-state index in [-0.39, 0.29) is 5.91 Å². The first-order chi connectivity index (χ1) is 8.18. The Bertz CT molecular complexity index is 606. The smallest absolute Gasteiger partial charge is 0.256 e. The molecule has 0 saturated heterocycles. The van der Waals surface area contributed by atoms with Gasteiger partial charge in [0.15, 0.2) is 0 Å². The first kappa shape index (κ1) is 10.5. The van der Waals surface area contributed by atoms with Crippen molar-refractivity contribution in [2.45, 2.75) is 6.54 Å². The number of rotatable bonds is 0. The molecule has 0 unspecified atom stereocenters. The summed E-state index contributed by atoms with van der Waals surface area (Å²) in [6, 6.07) is 7.58. The third-order valence-corrected chi connectivity index (χ3v) is 3.61. The highest BCUT2D eigenvalue weighted by atomic mass is 79.9. The van der Waals surface area contributed by atoms with Crippen LogP contribution in [0.3, 0.4) is 0 Å². The van der Waals surface area contributed by atoms with Crippen LogP contribution in [0.5, 0.6) is 0 Å². The number of carbonyl (C=O) groups is 1. The SMILES string of the molecule is CN1Cc2c(Br)ncn2-c2ccccc2C1=O. The number of carbonyl (C=O) groups excluding carboxylic acids is 1. The van der Waals surface area contributed by atoms with Crippen molar-refractivity contribution in [1.82, 2.24) is 14.5 Å². The second-order valence-corrected chi connectivity index (χ2v) is 4.78. The standard InChI is InChI=1S/C12H10BrN3O/c1-15-6-10-11(13)14-7-16(10)9-5-3-2-4-8(9)12(15)17/h2-5,7H,6H2,1H3. The van der Waals surface area contributed by atoms with Gasteiger partial charge >= 0.3 is 0 Å². The highest BCUT2D eigenvalue weighted by Gasteiger charge is 2.24. The lowest BCUT2D eigenvalue weighted by Crippen LogP contribution is -2.25. The second kappa shape index (κ2) is 3.70. The fourth-order valence-electron chi connectivity index (χ4n) is 2.07. The molecule has 1 aromatic carbocycles. The van der Waals surface area contributed by atoms with Crippen molar-refractivity contribution in [3.8, 4) is 5.69 Å².